The van der Waals surface area contributed by atoms with Crippen molar-refractivity contribution >= 4 is 6.16 Å². The summed E-state index contributed by atoms with van der Waals surface area (Å²) >= 11 is 0. The molecule has 0 aliphatic carbocycles. The summed E-state index contributed by atoms with van der Waals surface area (Å²) < 4.78 is 81.1. The van der Waals surface area contributed by atoms with E-state index in [-0.39, 0.29) is 0 Å². The summed E-state index contributed by atoms with van der Waals surface area (Å²) in [4.78, 5) is 10.3. The molecule has 9 heteroatoms. The van der Waals surface area contributed by atoms with Gasteiger partial charge in [0.2, 0.25) is 0 Å². The molecule has 1 fully saturated rings. The number of carbonyl (C=O) groups excluding carboxylic acids is 1. The van der Waals surface area contributed by atoms with Gasteiger partial charge in [0.25, 0.3) is 0 Å². The fourth-order valence-corrected chi connectivity index (χ4v) is 0.942. The van der Waals surface area contributed by atoms with E-state index in [1.807, 2.05) is 0 Å². The second kappa shape index (κ2) is 3.17. The summed E-state index contributed by atoms with van der Waals surface area (Å²) in [6.45, 7) is -1.13. The first-order valence-corrected chi connectivity index (χ1v) is 3.59. The Kier molecular flexibility index (Phi) is 2.52. The lowest BCUT2D eigenvalue weighted by atomic mass is 10.0. The number of hydrogen-bond donors (Lipinski definition) is 0. The van der Waals surface area contributed by atoms with Gasteiger partial charge in [-0.25, -0.2) is 9.18 Å². The van der Waals surface area contributed by atoms with E-state index in [1.165, 1.54) is 0 Å². The number of halogens is 6. The van der Waals surface area contributed by atoms with Crippen molar-refractivity contribution in [3.8, 4) is 0 Å². The maximum Gasteiger partial charge on any atom is 0.513 e. The van der Waals surface area contributed by atoms with Crippen LogP contribution in [0.15, 0.2) is 0 Å². The minimum Gasteiger partial charge on any atom is -0.434 e. The summed E-state index contributed by atoms with van der Waals surface area (Å²) in [6, 6.07) is 0. The fraction of sp³-hybridized carbons (Fsp3) is 0.833. The molecule has 1 aliphatic heterocycles. The molecule has 88 valence electrons. The van der Waals surface area contributed by atoms with E-state index in [0.29, 0.717) is 0 Å². The lowest BCUT2D eigenvalue weighted by molar-refractivity contribution is -0.363. The molecule has 1 unspecified atom stereocenters. The summed E-state index contributed by atoms with van der Waals surface area (Å²) in [5.41, 5.74) is -4.92. The molecular weight excluding hydrogens is 234 g/mol. The minimum atomic E-state index is -5.86. The van der Waals surface area contributed by atoms with Crippen LogP contribution >= 0.6 is 0 Å². The maximum absolute atomic E-state index is 13.1. The van der Waals surface area contributed by atoms with Crippen molar-refractivity contribution in [2.45, 2.75) is 24.4 Å². The van der Waals surface area contributed by atoms with Gasteiger partial charge in [-0.3, -0.25) is 0 Å². The van der Waals surface area contributed by atoms with E-state index >= 15 is 0 Å². The lowest BCUT2D eigenvalue weighted by Crippen LogP contribution is -2.56. The SMILES string of the molecule is O=C1OCCC(F)(C(F)(F)F)C(F)(F)O1. The molecule has 0 radical (unpaired) electrons. The Morgan fingerprint density at radius 1 is 1.20 bits per heavy atom. The normalized spacial score (nSPS) is 31.5. The Bertz CT molecular complexity index is 275. The second-order valence-corrected chi connectivity index (χ2v) is 2.77. The molecule has 0 aromatic rings. The number of ether oxygens (including phenoxy) is 2. The van der Waals surface area contributed by atoms with E-state index in [9.17, 15) is 31.1 Å². The van der Waals surface area contributed by atoms with Crippen molar-refractivity contribution < 1.29 is 40.6 Å². The van der Waals surface area contributed by atoms with Crippen LogP contribution in [-0.4, -0.2) is 30.7 Å². The van der Waals surface area contributed by atoms with Gasteiger partial charge in [-0.15, -0.1) is 0 Å². The van der Waals surface area contributed by atoms with E-state index in [2.05, 4.69) is 9.47 Å². The zero-order valence-corrected chi connectivity index (χ0v) is 6.91. The van der Waals surface area contributed by atoms with Crippen LogP contribution in [0, 0.1) is 0 Å². The Morgan fingerprint density at radius 2 is 1.73 bits per heavy atom. The molecule has 1 saturated heterocycles. The van der Waals surface area contributed by atoms with E-state index in [1.54, 1.807) is 0 Å². The number of hydrogen-bond acceptors (Lipinski definition) is 3. The Morgan fingerprint density at radius 3 is 2.20 bits per heavy atom. The number of cyclic esters (lactones) is 2. The predicted molar refractivity (Wildman–Crippen MR) is 31.9 cm³/mol. The van der Waals surface area contributed by atoms with Gasteiger partial charge in [-0.2, -0.15) is 22.0 Å². The molecular formula is C6H4F6O3. The van der Waals surface area contributed by atoms with Crippen LogP contribution < -0.4 is 0 Å². The van der Waals surface area contributed by atoms with Crippen LogP contribution in [0.4, 0.5) is 31.1 Å². The van der Waals surface area contributed by atoms with Crippen LogP contribution in [0.1, 0.15) is 6.42 Å². The van der Waals surface area contributed by atoms with Crippen molar-refractivity contribution in [3.05, 3.63) is 0 Å². The molecule has 0 spiro atoms. The van der Waals surface area contributed by atoms with Gasteiger partial charge in [-0.1, -0.05) is 0 Å². The highest BCUT2D eigenvalue weighted by Gasteiger charge is 2.74. The van der Waals surface area contributed by atoms with Gasteiger partial charge < -0.3 is 9.47 Å². The van der Waals surface area contributed by atoms with Gasteiger partial charge in [0.15, 0.2) is 0 Å². The summed E-state index contributed by atoms with van der Waals surface area (Å²) in [5, 5.41) is 0. The molecule has 3 nitrogen and oxygen atoms in total. The third kappa shape index (κ3) is 1.82. The Labute approximate surface area is 78.9 Å². The first-order chi connectivity index (χ1) is 6.60. The molecule has 0 N–H and O–H groups in total. The molecule has 1 atom stereocenters. The molecule has 0 aromatic heterocycles. The van der Waals surface area contributed by atoms with E-state index in [4.69, 9.17) is 0 Å². The Balaban J connectivity index is 3.10. The standard InChI is InChI=1S/C6H4F6O3/c7-4(5(8,9)10)1-2-14-3(13)15-6(4,11)12/h1-2H2. The lowest BCUT2D eigenvalue weighted by Gasteiger charge is -2.30. The van der Waals surface area contributed by atoms with Gasteiger partial charge in [0.05, 0.1) is 6.61 Å². The molecule has 1 heterocycles. The van der Waals surface area contributed by atoms with Gasteiger partial charge in [-0.05, 0) is 0 Å². The molecule has 0 aromatic carbocycles. The molecule has 15 heavy (non-hydrogen) atoms. The van der Waals surface area contributed by atoms with Crippen LogP contribution in [0.2, 0.25) is 0 Å². The summed E-state index contributed by atoms with van der Waals surface area (Å²) in [5.74, 6) is 0. The fourth-order valence-electron chi connectivity index (χ4n) is 0.942. The summed E-state index contributed by atoms with van der Waals surface area (Å²) in [7, 11) is 0. The molecule has 0 bridgehead atoms. The number of alkyl halides is 6. The second-order valence-electron chi connectivity index (χ2n) is 2.77. The third-order valence-electron chi connectivity index (χ3n) is 1.79. The molecule has 1 aliphatic rings. The highest BCUT2D eigenvalue weighted by atomic mass is 19.4. The van der Waals surface area contributed by atoms with Crippen molar-refractivity contribution in [1.29, 1.82) is 0 Å². The van der Waals surface area contributed by atoms with Crippen LogP contribution in [-0.2, 0) is 9.47 Å². The van der Waals surface area contributed by atoms with Gasteiger partial charge in [0.1, 0.15) is 0 Å². The highest BCUT2D eigenvalue weighted by Crippen LogP contribution is 2.49. The third-order valence-corrected chi connectivity index (χ3v) is 1.79. The van der Waals surface area contributed by atoms with E-state index in [0.717, 1.165) is 0 Å². The first-order valence-electron chi connectivity index (χ1n) is 3.59. The van der Waals surface area contributed by atoms with Crippen molar-refractivity contribution in [3.63, 3.8) is 0 Å². The topological polar surface area (TPSA) is 35.5 Å². The average molecular weight is 238 g/mol. The first kappa shape index (κ1) is 11.9. The predicted octanol–water partition coefficient (Wildman–Crippen LogP) is 2.41. The van der Waals surface area contributed by atoms with Gasteiger partial charge in [0, 0.05) is 6.42 Å². The summed E-state index contributed by atoms with van der Waals surface area (Å²) in [6.07, 6.45) is -14.9. The van der Waals surface area contributed by atoms with Crippen molar-refractivity contribution in [2.24, 2.45) is 0 Å². The van der Waals surface area contributed by atoms with Crippen molar-refractivity contribution in [1.82, 2.24) is 0 Å². The largest absolute Gasteiger partial charge is 0.513 e. The monoisotopic (exact) mass is 238 g/mol. The Hall–Kier alpha value is -1.15. The van der Waals surface area contributed by atoms with Crippen LogP contribution in [0.5, 0.6) is 0 Å². The van der Waals surface area contributed by atoms with E-state index < -0.39 is 37.1 Å². The molecule has 1 rings (SSSR count). The number of carbonyl (C=O) groups is 1. The van der Waals surface area contributed by atoms with Crippen molar-refractivity contribution in [2.75, 3.05) is 6.61 Å². The van der Waals surface area contributed by atoms with Crippen LogP contribution in [0.25, 0.3) is 0 Å². The molecule has 0 amide bonds. The van der Waals surface area contributed by atoms with Gasteiger partial charge >= 0.3 is 24.1 Å². The minimum absolute atomic E-state index is 1.13. The highest BCUT2D eigenvalue weighted by molar-refractivity contribution is 5.60. The maximum atomic E-state index is 13.1. The zero-order chi connectivity index (χ0) is 11.9. The smallest absolute Gasteiger partial charge is 0.434 e. The zero-order valence-electron chi connectivity index (χ0n) is 6.91. The number of rotatable bonds is 0. The van der Waals surface area contributed by atoms with Crippen LogP contribution in [0.3, 0.4) is 0 Å². The average Bonchev–Trinajstić information content (AvgIpc) is 2.08. The quantitative estimate of drug-likeness (QED) is 0.480. The molecule has 0 saturated carbocycles.